The van der Waals surface area contributed by atoms with Gasteiger partial charge in [-0.15, -0.1) is 11.3 Å². The van der Waals surface area contributed by atoms with Crippen molar-refractivity contribution in [3.05, 3.63) is 46.8 Å². The van der Waals surface area contributed by atoms with Crippen molar-refractivity contribution in [1.29, 1.82) is 0 Å². The van der Waals surface area contributed by atoms with Crippen LogP contribution in [-0.4, -0.2) is 17.0 Å². The molecule has 2 unspecified atom stereocenters. The van der Waals surface area contributed by atoms with E-state index in [0.29, 0.717) is 13.0 Å². The molecule has 0 fully saturated rings. The van der Waals surface area contributed by atoms with Gasteiger partial charge in [-0.3, -0.25) is 9.59 Å². The molecular formula is C24H33NO3S. The molecule has 1 aromatic heterocycles. The van der Waals surface area contributed by atoms with E-state index in [9.17, 15) is 9.59 Å². The van der Waals surface area contributed by atoms with Crippen molar-refractivity contribution >= 4 is 23.2 Å². The van der Waals surface area contributed by atoms with Crippen LogP contribution >= 0.6 is 11.3 Å². The molecule has 158 valence electrons. The van der Waals surface area contributed by atoms with Gasteiger partial charge in [-0.05, 0) is 36.1 Å². The van der Waals surface area contributed by atoms with E-state index >= 15 is 0 Å². The minimum absolute atomic E-state index is 0.0621. The molecule has 0 aliphatic rings. The molecular weight excluding hydrogens is 382 g/mol. The average Bonchev–Trinajstić information content (AvgIpc) is 3.18. The van der Waals surface area contributed by atoms with E-state index in [1.807, 2.05) is 31.2 Å². The number of rotatable bonds is 12. The largest absolute Gasteiger partial charge is 0.481 e. The molecule has 2 aromatic rings. The molecule has 0 spiro atoms. The quantitative estimate of drug-likeness (QED) is 0.424. The first kappa shape index (κ1) is 23.1. The number of carbonyl (C=O) groups is 2. The van der Waals surface area contributed by atoms with Crippen LogP contribution in [0.1, 0.15) is 63.3 Å². The lowest BCUT2D eigenvalue weighted by molar-refractivity contribution is -0.141. The van der Waals surface area contributed by atoms with Gasteiger partial charge in [0.05, 0.1) is 12.5 Å². The lowest BCUT2D eigenvalue weighted by atomic mass is 10.00. The van der Waals surface area contributed by atoms with Crippen molar-refractivity contribution in [1.82, 2.24) is 5.32 Å². The highest BCUT2D eigenvalue weighted by atomic mass is 32.1. The summed E-state index contributed by atoms with van der Waals surface area (Å²) in [5.41, 5.74) is 2.14. The fourth-order valence-electron chi connectivity index (χ4n) is 3.23. The number of aliphatic carboxylic acids is 1. The van der Waals surface area contributed by atoms with Crippen molar-refractivity contribution in [2.45, 2.75) is 65.8 Å². The monoisotopic (exact) mass is 415 g/mol. The Bertz CT molecular complexity index is 782. The van der Waals surface area contributed by atoms with E-state index in [-0.39, 0.29) is 17.7 Å². The Hall–Kier alpha value is -2.14. The molecule has 0 bridgehead atoms. The van der Waals surface area contributed by atoms with Crippen LogP contribution in [-0.2, 0) is 22.6 Å². The summed E-state index contributed by atoms with van der Waals surface area (Å²) in [6.45, 7) is 6.49. The van der Waals surface area contributed by atoms with Gasteiger partial charge >= 0.3 is 5.97 Å². The van der Waals surface area contributed by atoms with E-state index in [4.69, 9.17) is 5.11 Å². The van der Waals surface area contributed by atoms with Gasteiger partial charge in [0.1, 0.15) is 0 Å². The van der Waals surface area contributed by atoms with Crippen molar-refractivity contribution in [3.8, 4) is 10.4 Å². The zero-order chi connectivity index (χ0) is 21.2. The fourth-order valence-corrected chi connectivity index (χ4v) is 4.18. The molecule has 5 heteroatoms. The zero-order valence-corrected chi connectivity index (χ0v) is 18.6. The van der Waals surface area contributed by atoms with Crippen molar-refractivity contribution in [2.24, 2.45) is 11.8 Å². The second-order valence-corrected chi connectivity index (χ2v) is 9.04. The lowest BCUT2D eigenvalue weighted by Gasteiger charge is -2.11. The summed E-state index contributed by atoms with van der Waals surface area (Å²) in [7, 11) is 0. The van der Waals surface area contributed by atoms with Gasteiger partial charge < -0.3 is 10.4 Å². The predicted molar refractivity (Wildman–Crippen MR) is 120 cm³/mol. The Morgan fingerprint density at radius 2 is 1.72 bits per heavy atom. The molecule has 0 saturated carbocycles. The number of carbonyl (C=O) groups excluding carboxylic acids is 1. The van der Waals surface area contributed by atoms with Gasteiger partial charge in [-0.1, -0.05) is 70.7 Å². The molecule has 1 heterocycles. The summed E-state index contributed by atoms with van der Waals surface area (Å²) >= 11 is 1.68. The molecule has 1 aromatic carbocycles. The highest BCUT2D eigenvalue weighted by Gasteiger charge is 2.13. The molecule has 0 aliphatic heterocycles. The van der Waals surface area contributed by atoms with Gasteiger partial charge in [0.2, 0.25) is 5.91 Å². The number of nitrogens with one attached hydrogen (secondary N) is 1. The normalized spacial score (nSPS) is 13.1. The number of benzene rings is 1. The third-order valence-electron chi connectivity index (χ3n) is 5.24. The number of hydrogen-bond acceptors (Lipinski definition) is 3. The second-order valence-electron chi connectivity index (χ2n) is 7.87. The van der Waals surface area contributed by atoms with Crippen LogP contribution in [0.2, 0.25) is 0 Å². The van der Waals surface area contributed by atoms with Crippen molar-refractivity contribution in [2.75, 3.05) is 0 Å². The third-order valence-corrected chi connectivity index (χ3v) is 6.37. The van der Waals surface area contributed by atoms with Gasteiger partial charge in [0, 0.05) is 15.7 Å². The molecule has 2 rings (SSSR count). The van der Waals surface area contributed by atoms with E-state index in [1.54, 1.807) is 18.3 Å². The third kappa shape index (κ3) is 7.65. The highest BCUT2D eigenvalue weighted by molar-refractivity contribution is 7.15. The predicted octanol–water partition coefficient (Wildman–Crippen LogP) is 5.90. The van der Waals surface area contributed by atoms with E-state index in [2.05, 4.69) is 24.4 Å². The number of thiophene rings is 1. The number of amides is 1. The second kappa shape index (κ2) is 11.8. The maximum absolute atomic E-state index is 12.3. The first-order valence-corrected chi connectivity index (χ1v) is 11.4. The van der Waals surface area contributed by atoms with Crippen LogP contribution in [0.5, 0.6) is 0 Å². The van der Waals surface area contributed by atoms with Crippen molar-refractivity contribution in [3.63, 3.8) is 0 Å². The minimum atomic E-state index is -0.769. The van der Waals surface area contributed by atoms with Gasteiger partial charge in [-0.25, -0.2) is 0 Å². The zero-order valence-electron chi connectivity index (χ0n) is 17.7. The minimum Gasteiger partial charge on any atom is -0.481 e. The molecule has 0 aliphatic carbocycles. The Morgan fingerprint density at radius 3 is 2.38 bits per heavy atom. The fraction of sp³-hybridized carbons (Fsp3) is 0.500. The van der Waals surface area contributed by atoms with Crippen LogP contribution in [0.25, 0.3) is 10.4 Å². The Kier molecular flexibility index (Phi) is 9.39. The number of hydrogen-bond donors (Lipinski definition) is 2. The number of carboxylic acid groups (broad SMARTS) is 1. The summed E-state index contributed by atoms with van der Waals surface area (Å²) in [5, 5.41) is 12.1. The van der Waals surface area contributed by atoms with E-state index in [0.717, 1.165) is 33.7 Å². The molecule has 4 nitrogen and oxygen atoms in total. The lowest BCUT2D eigenvalue weighted by Crippen LogP contribution is -2.28. The average molecular weight is 416 g/mol. The number of unbranched alkanes of at least 4 members (excludes halogenated alkanes) is 3. The Morgan fingerprint density at radius 1 is 1.00 bits per heavy atom. The SMILES string of the molecule is CCCCCCC(C)C(=O)NCc1ccc(-c2ccc(CC(C)C(=O)O)cc2)s1. The molecule has 0 saturated heterocycles. The Balaban J connectivity index is 1.84. The van der Waals surface area contributed by atoms with Crippen LogP contribution in [0.15, 0.2) is 36.4 Å². The molecule has 2 N–H and O–H groups in total. The first-order chi connectivity index (χ1) is 13.9. The summed E-state index contributed by atoms with van der Waals surface area (Å²) in [6.07, 6.45) is 6.27. The molecule has 2 atom stereocenters. The molecule has 0 radical (unpaired) electrons. The maximum Gasteiger partial charge on any atom is 0.306 e. The van der Waals surface area contributed by atoms with Crippen LogP contribution in [0.4, 0.5) is 0 Å². The highest BCUT2D eigenvalue weighted by Crippen LogP contribution is 2.28. The van der Waals surface area contributed by atoms with E-state index in [1.165, 1.54) is 19.3 Å². The first-order valence-electron chi connectivity index (χ1n) is 10.6. The summed E-state index contributed by atoms with van der Waals surface area (Å²) in [6, 6.07) is 12.2. The van der Waals surface area contributed by atoms with Crippen LogP contribution in [0.3, 0.4) is 0 Å². The summed E-state index contributed by atoms with van der Waals surface area (Å²) < 4.78 is 0. The Labute approximate surface area is 178 Å². The smallest absolute Gasteiger partial charge is 0.306 e. The summed E-state index contributed by atoms with van der Waals surface area (Å²) in [5.74, 6) is -0.957. The van der Waals surface area contributed by atoms with Gasteiger partial charge in [-0.2, -0.15) is 0 Å². The number of carboxylic acids is 1. The summed E-state index contributed by atoms with van der Waals surface area (Å²) in [4.78, 5) is 25.6. The molecule has 1 amide bonds. The topological polar surface area (TPSA) is 66.4 Å². The van der Waals surface area contributed by atoms with Gasteiger partial charge in [0.15, 0.2) is 0 Å². The molecule has 29 heavy (non-hydrogen) atoms. The van der Waals surface area contributed by atoms with Gasteiger partial charge in [0.25, 0.3) is 0 Å². The van der Waals surface area contributed by atoms with E-state index < -0.39 is 5.97 Å². The van der Waals surface area contributed by atoms with Crippen molar-refractivity contribution < 1.29 is 14.7 Å². The van der Waals surface area contributed by atoms with Crippen LogP contribution in [0, 0.1) is 11.8 Å². The standard InChI is InChI=1S/C24H33NO3S/c1-4-5-6-7-8-17(2)23(26)25-16-21-13-14-22(29-21)20-11-9-19(10-12-20)15-18(3)24(27)28/h9-14,17-18H,4-8,15-16H2,1-3H3,(H,25,26)(H,27,28). The van der Waals surface area contributed by atoms with Crippen LogP contribution < -0.4 is 5.32 Å². The maximum atomic E-state index is 12.3.